The average molecular weight is 291 g/mol. The van der Waals surface area contributed by atoms with E-state index in [1.54, 1.807) is 11.3 Å². The maximum absolute atomic E-state index is 6.26. The zero-order chi connectivity index (χ0) is 13.2. The molecule has 3 aromatic rings. The molecule has 0 aliphatic carbocycles. The van der Waals surface area contributed by atoms with Crippen molar-refractivity contribution in [2.75, 3.05) is 0 Å². The third-order valence-corrected chi connectivity index (χ3v) is 4.17. The number of benzene rings is 1. The van der Waals surface area contributed by atoms with Gasteiger partial charge in [0.1, 0.15) is 5.82 Å². The fourth-order valence-corrected chi connectivity index (χ4v) is 3.18. The van der Waals surface area contributed by atoms with Crippen LogP contribution < -0.4 is 0 Å². The second-order valence-corrected chi connectivity index (χ2v) is 6.04. The smallest absolute Gasteiger partial charge is 0.127 e. The lowest BCUT2D eigenvalue weighted by Gasteiger charge is -2.09. The van der Waals surface area contributed by atoms with E-state index in [4.69, 9.17) is 11.6 Å². The van der Waals surface area contributed by atoms with Crippen LogP contribution in [0.1, 0.15) is 23.7 Å². The number of halogens is 1. The summed E-state index contributed by atoms with van der Waals surface area (Å²) in [6.07, 6.45) is 1.01. The highest BCUT2D eigenvalue weighted by atomic mass is 35.5. The number of para-hydroxylation sites is 2. The zero-order valence-electron chi connectivity index (χ0n) is 10.7. The van der Waals surface area contributed by atoms with Gasteiger partial charge in [0.2, 0.25) is 0 Å². The number of aromatic nitrogens is 2. The molecule has 0 radical (unpaired) electrons. The van der Waals surface area contributed by atoms with Crippen molar-refractivity contribution in [3.05, 3.63) is 52.5 Å². The number of hydrogen-bond donors (Lipinski definition) is 0. The van der Waals surface area contributed by atoms with Crippen LogP contribution in [0.2, 0.25) is 0 Å². The van der Waals surface area contributed by atoms with E-state index in [1.165, 1.54) is 11.1 Å². The molecule has 1 unspecified atom stereocenters. The molecule has 0 spiro atoms. The minimum atomic E-state index is -0.0742. The second kappa shape index (κ2) is 5.35. The van der Waals surface area contributed by atoms with E-state index in [0.717, 1.165) is 24.3 Å². The predicted molar refractivity (Wildman–Crippen MR) is 82.0 cm³/mol. The molecule has 0 amide bonds. The largest absolute Gasteiger partial charge is 0.326 e. The van der Waals surface area contributed by atoms with Gasteiger partial charge in [-0.2, -0.15) is 11.3 Å². The van der Waals surface area contributed by atoms with Crippen LogP contribution >= 0.6 is 22.9 Å². The Morgan fingerprint density at radius 3 is 2.89 bits per heavy atom. The lowest BCUT2D eigenvalue weighted by Crippen LogP contribution is -2.06. The number of thiophene rings is 1. The molecule has 0 saturated carbocycles. The number of aryl methyl sites for hydroxylation is 2. The molecular weight excluding hydrogens is 276 g/mol. The third kappa shape index (κ3) is 2.53. The van der Waals surface area contributed by atoms with Crippen molar-refractivity contribution in [3.8, 4) is 0 Å². The predicted octanol–water partition coefficient (Wildman–Crippen LogP) is 4.64. The van der Waals surface area contributed by atoms with Gasteiger partial charge in [-0.3, -0.25) is 0 Å². The van der Waals surface area contributed by atoms with Gasteiger partial charge in [-0.25, -0.2) is 4.98 Å². The van der Waals surface area contributed by atoms with Crippen molar-refractivity contribution in [1.29, 1.82) is 0 Å². The quantitative estimate of drug-likeness (QED) is 0.640. The Labute approximate surface area is 121 Å². The van der Waals surface area contributed by atoms with Crippen LogP contribution in [0, 0.1) is 0 Å². The summed E-state index contributed by atoms with van der Waals surface area (Å²) in [6.45, 7) is 2.90. The summed E-state index contributed by atoms with van der Waals surface area (Å²) in [4.78, 5) is 4.65. The van der Waals surface area contributed by atoms with Crippen molar-refractivity contribution in [1.82, 2.24) is 9.55 Å². The Bertz CT molecular complexity index is 671. The molecular formula is C15H15ClN2S. The van der Waals surface area contributed by atoms with Gasteiger partial charge in [-0.05, 0) is 47.9 Å². The topological polar surface area (TPSA) is 17.8 Å². The number of hydrogen-bond acceptors (Lipinski definition) is 2. The molecule has 1 aromatic carbocycles. The normalized spacial score (nSPS) is 12.9. The molecule has 2 heterocycles. The van der Waals surface area contributed by atoms with Crippen molar-refractivity contribution in [3.63, 3.8) is 0 Å². The van der Waals surface area contributed by atoms with Gasteiger partial charge in [0.05, 0.1) is 16.4 Å². The summed E-state index contributed by atoms with van der Waals surface area (Å²) in [5.74, 6) is 0.957. The number of nitrogens with zero attached hydrogens (tertiary/aromatic N) is 2. The van der Waals surface area contributed by atoms with E-state index in [0.29, 0.717) is 0 Å². The second-order valence-electron chi connectivity index (χ2n) is 4.61. The lowest BCUT2D eigenvalue weighted by atomic mass is 10.2. The lowest BCUT2D eigenvalue weighted by molar-refractivity contribution is 0.669. The summed E-state index contributed by atoms with van der Waals surface area (Å²) in [7, 11) is 0. The van der Waals surface area contributed by atoms with Gasteiger partial charge in [-0.1, -0.05) is 12.1 Å². The molecule has 1 atom stereocenters. The molecule has 19 heavy (non-hydrogen) atoms. The van der Waals surface area contributed by atoms with Gasteiger partial charge in [0.25, 0.3) is 0 Å². The van der Waals surface area contributed by atoms with E-state index in [1.807, 2.05) is 25.1 Å². The van der Waals surface area contributed by atoms with Crippen molar-refractivity contribution in [2.24, 2.45) is 0 Å². The molecule has 2 nitrogen and oxygen atoms in total. The van der Waals surface area contributed by atoms with Gasteiger partial charge < -0.3 is 4.57 Å². The molecule has 0 aliphatic heterocycles. The van der Waals surface area contributed by atoms with Crippen LogP contribution in [0.3, 0.4) is 0 Å². The van der Waals surface area contributed by atoms with Crippen LogP contribution in [0.25, 0.3) is 11.0 Å². The van der Waals surface area contributed by atoms with Gasteiger partial charge in [0.15, 0.2) is 0 Å². The molecule has 98 valence electrons. The fourth-order valence-electron chi connectivity index (χ4n) is 2.31. The van der Waals surface area contributed by atoms with E-state index in [2.05, 4.69) is 32.4 Å². The van der Waals surface area contributed by atoms with Crippen LogP contribution in [0.4, 0.5) is 0 Å². The van der Waals surface area contributed by atoms with Crippen LogP contribution in [0.15, 0.2) is 41.1 Å². The number of imidazole rings is 1. The van der Waals surface area contributed by atoms with Crippen LogP contribution in [-0.4, -0.2) is 9.55 Å². The summed E-state index contributed by atoms with van der Waals surface area (Å²) in [6, 6.07) is 10.4. The van der Waals surface area contributed by atoms with Crippen molar-refractivity contribution >= 4 is 34.0 Å². The van der Waals surface area contributed by atoms with E-state index in [9.17, 15) is 0 Å². The Morgan fingerprint density at radius 1 is 1.32 bits per heavy atom. The van der Waals surface area contributed by atoms with Gasteiger partial charge in [-0.15, -0.1) is 11.6 Å². The monoisotopic (exact) mass is 290 g/mol. The molecule has 0 fully saturated rings. The first kappa shape index (κ1) is 12.7. The standard InChI is InChI=1S/C15H15ClN2S/c1-11(16)15-17-13-4-2-3-5-14(13)18(15)8-6-12-7-9-19-10-12/h2-5,7,9-11H,6,8H2,1H3. The maximum Gasteiger partial charge on any atom is 0.127 e. The third-order valence-electron chi connectivity index (χ3n) is 3.24. The van der Waals surface area contributed by atoms with Crippen LogP contribution in [-0.2, 0) is 13.0 Å². The van der Waals surface area contributed by atoms with Crippen molar-refractivity contribution in [2.45, 2.75) is 25.3 Å². The fraction of sp³-hybridized carbons (Fsp3) is 0.267. The Hall–Kier alpha value is -1.32. The first-order valence-corrected chi connectivity index (χ1v) is 7.74. The molecule has 0 saturated heterocycles. The first-order valence-electron chi connectivity index (χ1n) is 6.36. The average Bonchev–Trinajstić information content (AvgIpc) is 3.03. The maximum atomic E-state index is 6.26. The highest BCUT2D eigenvalue weighted by molar-refractivity contribution is 7.07. The Morgan fingerprint density at radius 2 is 2.16 bits per heavy atom. The zero-order valence-corrected chi connectivity index (χ0v) is 12.3. The molecule has 4 heteroatoms. The number of alkyl halides is 1. The number of fused-ring (bicyclic) bond motifs is 1. The first-order chi connectivity index (χ1) is 9.25. The SMILES string of the molecule is CC(Cl)c1nc2ccccc2n1CCc1ccsc1. The van der Waals surface area contributed by atoms with Gasteiger partial charge >= 0.3 is 0 Å². The molecule has 2 aromatic heterocycles. The summed E-state index contributed by atoms with van der Waals surface area (Å²) in [5.41, 5.74) is 3.56. The van der Waals surface area contributed by atoms with E-state index < -0.39 is 0 Å². The van der Waals surface area contributed by atoms with E-state index in [-0.39, 0.29) is 5.38 Å². The summed E-state index contributed by atoms with van der Waals surface area (Å²) in [5, 5.41) is 4.24. The minimum Gasteiger partial charge on any atom is -0.326 e. The highest BCUT2D eigenvalue weighted by Crippen LogP contribution is 2.25. The molecule has 0 bridgehead atoms. The summed E-state index contributed by atoms with van der Waals surface area (Å²) >= 11 is 8.00. The minimum absolute atomic E-state index is 0.0742. The van der Waals surface area contributed by atoms with Crippen molar-refractivity contribution < 1.29 is 0 Å². The molecule has 0 aliphatic rings. The molecule has 3 rings (SSSR count). The van der Waals surface area contributed by atoms with Crippen LogP contribution in [0.5, 0.6) is 0 Å². The Kier molecular flexibility index (Phi) is 3.58. The highest BCUT2D eigenvalue weighted by Gasteiger charge is 2.14. The Balaban J connectivity index is 1.97. The number of rotatable bonds is 4. The van der Waals surface area contributed by atoms with E-state index >= 15 is 0 Å². The summed E-state index contributed by atoms with van der Waals surface area (Å²) < 4.78 is 2.24. The molecule has 0 N–H and O–H groups in total. The van der Waals surface area contributed by atoms with Gasteiger partial charge in [0, 0.05) is 6.54 Å².